The molecule has 0 saturated carbocycles. The highest BCUT2D eigenvalue weighted by Crippen LogP contribution is 2.38. The molecule has 1 atom stereocenters. The molecule has 0 radical (unpaired) electrons. The van der Waals surface area contributed by atoms with Gasteiger partial charge in [-0.1, -0.05) is 47.7 Å². The van der Waals surface area contributed by atoms with E-state index >= 15 is 0 Å². The van der Waals surface area contributed by atoms with E-state index in [9.17, 15) is 0 Å². The van der Waals surface area contributed by atoms with Gasteiger partial charge in [0, 0.05) is 21.0 Å². The second-order valence-corrected chi connectivity index (χ2v) is 7.30. The van der Waals surface area contributed by atoms with E-state index in [1.165, 1.54) is 11.4 Å². The lowest BCUT2D eigenvalue weighted by molar-refractivity contribution is 0.487. The van der Waals surface area contributed by atoms with Crippen molar-refractivity contribution in [1.29, 1.82) is 0 Å². The third kappa shape index (κ3) is 3.51. The zero-order chi connectivity index (χ0) is 15.5. The average molecular weight is 394 g/mol. The summed E-state index contributed by atoms with van der Waals surface area (Å²) < 4.78 is 0.535. The number of alkyl halides is 1. The highest BCUT2D eigenvalue weighted by atomic mass is 127. The Morgan fingerprint density at radius 2 is 1.52 bits per heavy atom. The SMILES string of the molecule is CCC(I)C(C)(C)N(c1ccccc1)c1ccc(N)cc1. The lowest BCUT2D eigenvalue weighted by Crippen LogP contribution is -2.47. The monoisotopic (exact) mass is 394 g/mol. The first-order chi connectivity index (χ1) is 9.96. The number of rotatable bonds is 5. The molecule has 3 heteroatoms. The minimum Gasteiger partial charge on any atom is -0.399 e. The summed E-state index contributed by atoms with van der Waals surface area (Å²) in [4.78, 5) is 2.41. The van der Waals surface area contributed by atoms with Crippen LogP contribution in [0.3, 0.4) is 0 Å². The number of hydrogen-bond acceptors (Lipinski definition) is 2. The van der Waals surface area contributed by atoms with E-state index < -0.39 is 0 Å². The van der Waals surface area contributed by atoms with E-state index in [-0.39, 0.29) is 5.54 Å². The van der Waals surface area contributed by atoms with Crippen LogP contribution < -0.4 is 10.6 Å². The van der Waals surface area contributed by atoms with Gasteiger partial charge in [0.05, 0.1) is 5.54 Å². The summed E-state index contributed by atoms with van der Waals surface area (Å²) in [5.41, 5.74) is 9.03. The fourth-order valence-corrected chi connectivity index (χ4v) is 2.93. The lowest BCUT2D eigenvalue weighted by atomic mass is 9.94. The Morgan fingerprint density at radius 3 is 2.05 bits per heavy atom. The second kappa shape index (κ2) is 6.69. The summed E-state index contributed by atoms with van der Waals surface area (Å²) in [6.07, 6.45) is 1.13. The third-order valence-electron chi connectivity index (χ3n) is 3.87. The first-order valence-electron chi connectivity index (χ1n) is 7.31. The van der Waals surface area contributed by atoms with E-state index in [1.54, 1.807) is 0 Å². The molecule has 112 valence electrons. The van der Waals surface area contributed by atoms with Crippen molar-refractivity contribution in [2.75, 3.05) is 10.6 Å². The maximum Gasteiger partial charge on any atom is 0.0512 e. The van der Waals surface area contributed by atoms with Crippen LogP contribution in [0.5, 0.6) is 0 Å². The highest BCUT2D eigenvalue weighted by molar-refractivity contribution is 14.1. The molecule has 0 aromatic heterocycles. The van der Waals surface area contributed by atoms with Crippen LogP contribution in [-0.4, -0.2) is 9.46 Å². The van der Waals surface area contributed by atoms with Crippen molar-refractivity contribution in [3.8, 4) is 0 Å². The molecule has 0 aliphatic rings. The average Bonchev–Trinajstić information content (AvgIpc) is 2.49. The van der Waals surface area contributed by atoms with Gasteiger partial charge in [-0.15, -0.1) is 0 Å². The lowest BCUT2D eigenvalue weighted by Gasteiger charge is -2.43. The van der Waals surface area contributed by atoms with Crippen molar-refractivity contribution in [2.45, 2.75) is 36.7 Å². The Morgan fingerprint density at radius 1 is 1.00 bits per heavy atom. The summed E-state index contributed by atoms with van der Waals surface area (Å²) in [5.74, 6) is 0. The van der Waals surface area contributed by atoms with E-state index in [0.717, 1.165) is 12.1 Å². The molecule has 21 heavy (non-hydrogen) atoms. The molecule has 0 bridgehead atoms. The van der Waals surface area contributed by atoms with E-state index in [2.05, 4.69) is 90.7 Å². The van der Waals surface area contributed by atoms with Crippen LogP contribution in [0.25, 0.3) is 0 Å². The fraction of sp³-hybridized carbons (Fsp3) is 0.333. The zero-order valence-corrected chi connectivity index (χ0v) is 15.0. The number of anilines is 3. The minimum absolute atomic E-state index is 0.00672. The van der Waals surface area contributed by atoms with Crippen LogP contribution in [0, 0.1) is 0 Å². The van der Waals surface area contributed by atoms with Crippen molar-refractivity contribution < 1.29 is 0 Å². The maximum absolute atomic E-state index is 5.84. The topological polar surface area (TPSA) is 29.3 Å². The summed E-state index contributed by atoms with van der Waals surface area (Å²) in [6, 6.07) is 18.7. The van der Waals surface area contributed by atoms with Gasteiger partial charge >= 0.3 is 0 Å². The Balaban J connectivity index is 2.52. The van der Waals surface area contributed by atoms with Gasteiger partial charge in [0.2, 0.25) is 0 Å². The number of para-hydroxylation sites is 1. The number of hydrogen-bond donors (Lipinski definition) is 1. The third-order valence-corrected chi connectivity index (χ3v) is 6.27. The molecular weight excluding hydrogens is 371 g/mol. The number of halogens is 1. The minimum atomic E-state index is 0.00672. The van der Waals surface area contributed by atoms with Gasteiger partial charge in [-0.2, -0.15) is 0 Å². The summed E-state index contributed by atoms with van der Waals surface area (Å²) in [5, 5.41) is 0. The number of nitrogen functional groups attached to an aromatic ring is 1. The van der Waals surface area contributed by atoms with Gasteiger partial charge in [0.25, 0.3) is 0 Å². The Bertz CT molecular complexity index is 564. The smallest absolute Gasteiger partial charge is 0.0512 e. The molecule has 0 fully saturated rings. The Labute approximate surface area is 141 Å². The predicted octanol–water partition coefficient (Wildman–Crippen LogP) is 5.40. The largest absolute Gasteiger partial charge is 0.399 e. The molecule has 2 N–H and O–H groups in total. The van der Waals surface area contributed by atoms with Crippen molar-refractivity contribution in [3.63, 3.8) is 0 Å². The molecule has 2 aromatic carbocycles. The number of nitrogens with zero attached hydrogens (tertiary/aromatic N) is 1. The first-order valence-corrected chi connectivity index (χ1v) is 8.56. The van der Waals surface area contributed by atoms with Crippen molar-refractivity contribution in [2.24, 2.45) is 0 Å². The molecular formula is C18H23IN2. The van der Waals surface area contributed by atoms with Gasteiger partial charge < -0.3 is 10.6 Å². The molecule has 1 unspecified atom stereocenters. The predicted molar refractivity (Wildman–Crippen MR) is 102 cm³/mol. The molecule has 0 aliphatic carbocycles. The molecule has 2 nitrogen and oxygen atoms in total. The van der Waals surface area contributed by atoms with Crippen LogP contribution >= 0.6 is 22.6 Å². The fourth-order valence-electron chi connectivity index (χ4n) is 2.65. The molecule has 0 aliphatic heterocycles. The van der Waals surface area contributed by atoms with Gasteiger partial charge in [-0.05, 0) is 56.7 Å². The van der Waals surface area contributed by atoms with Gasteiger partial charge in [0.1, 0.15) is 0 Å². The summed E-state index contributed by atoms with van der Waals surface area (Å²) in [7, 11) is 0. The van der Waals surface area contributed by atoms with Crippen LogP contribution in [-0.2, 0) is 0 Å². The Kier molecular flexibility index (Phi) is 5.14. The standard InChI is InChI=1S/C18H23IN2/c1-4-17(19)18(2,3)21(15-8-6-5-7-9-15)16-12-10-14(20)11-13-16/h5-13,17H,4,20H2,1-3H3. The van der Waals surface area contributed by atoms with Gasteiger partial charge in [0.15, 0.2) is 0 Å². The van der Waals surface area contributed by atoms with Crippen molar-refractivity contribution in [3.05, 3.63) is 54.6 Å². The van der Waals surface area contributed by atoms with Crippen LogP contribution in [0.15, 0.2) is 54.6 Å². The normalized spacial score (nSPS) is 13.0. The van der Waals surface area contributed by atoms with Gasteiger partial charge in [-0.3, -0.25) is 0 Å². The summed E-state index contributed by atoms with van der Waals surface area (Å²) in [6.45, 7) is 6.85. The maximum atomic E-state index is 5.84. The molecule has 2 aromatic rings. The molecule has 2 rings (SSSR count). The second-order valence-electron chi connectivity index (χ2n) is 5.79. The van der Waals surface area contributed by atoms with Crippen LogP contribution in [0.4, 0.5) is 17.1 Å². The van der Waals surface area contributed by atoms with Crippen molar-refractivity contribution in [1.82, 2.24) is 0 Å². The van der Waals surface area contributed by atoms with E-state index in [4.69, 9.17) is 5.73 Å². The van der Waals surface area contributed by atoms with E-state index in [0.29, 0.717) is 3.92 Å². The van der Waals surface area contributed by atoms with Gasteiger partial charge in [-0.25, -0.2) is 0 Å². The highest BCUT2D eigenvalue weighted by Gasteiger charge is 2.34. The van der Waals surface area contributed by atoms with E-state index in [1.807, 2.05) is 12.1 Å². The molecule has 0 spiro atoms. The zero-order valence-electron chi connectivity index (χ0n) is 12.9. The van der Waals surface area contributed by atoms with Crippen LogP contribution in [0.2, 0.25) is 0 Å². The first kappa shape index (κ1) is 16.1. The quantitative estimate of drug-likeness (QED) is 0.418. The summed E-state index contributed by atoms with van der Waals surface area (Å²) >= 11 is 2.56. The molecule has 0 heterocycles. The number of nitrogens with two attached hydrogens (primary N) is 1. The molecule has 0 saturated heterocycles. The van der Waals surface area contributed by atoms with Crippen molar-refractivity contribution >= 4 is 39.7 Å². The molecule has 0 amide bonds. The Hall–Kier alpha value is -1.23. The number of benzene rings is 2. The van der Waals surface area contributed by atoms with Crippen LogP contribution in [0.1, 0.15) is 27.2 Å².